The predicted octanol–water partition coefficient (Wildman–Crippen LogP) is 4.32. The molecule has 0 bridgehead atoms. The summed E-state index contributed by atoms with van der Waals surface area (Å²) in [6, 6.07) is 9.98. The summed E-state index contributed by atoms with van der Waals surface area (Å²) in [5.41, 5.74) is 1.85. The highest BCUT2D eigenvalue weighted by Gasteiger charge is 2.22. The lowest BCUT2D eigenvalue weighted by Gasteiger charge is -2.15. The second kappa shape index (κ2) is 7.11. The van der Waals surface area contributed by atoms with E-state index in [1.54, 1.807) is 27.6 Å². The van der Waals surface area contributed by atoms with Gasteiger partial charge in [0.25, 0.3) is 5.91 Å². The maximum absolute atomic E-state index is 12.7. The zero-order valence-corrected chi connectivity index (χ0v) is 15.5. The van der Waals surface area contributed by atoms with Gasteiger partial charge in [-0.2, -0.15) is 5.10 Å². The van der Waals surface area contributed by atoms with Gasteiger partial charge in [0.15, 0.2) is 0 Å². The van der Waals surface area contributed by atoms with Crippen molar-refractivity contribution in [3.05, 3.63) is 51.2 Å². The van der Waals surface area contributed by atoms with Crippen molar-refractivity contribution >= 4 is 28.6 Å². The molecule has 1 saturated heterocycles. The van der Waals surface area contributed by atoms with Crippen molar-refractivity contribution in [2.75, 3.05) is 13.7 Å². The van der Waals surface area contributed by atoms with E-state index in [1.165, 1.54) is 0 Å². The first-order valence-corrected chi connectivity index (χ1v) is 9.95. The fraction of sp³-hybridized carbons (Fsp3) is 0.333. The highest BCUT2D eigenvalue weighted by atomic mass is 32.1. The fourth-order valence-electron chi connectivity index (χ4n) is 2.95. The Bertz CT molecular complexity index is 847. The number of ether oxygens (including phenoxy) is 1. The number of nitrogens with one attached hydrogen (secondary N) is 1. The molecule has 1 fully saturated rings. The number of carbonyl (C=O) groups excluding carboxylic acids is 1. The van der Waals surface area contributed by atoms with Crippen molar-refractivity contribution in [2.45, 2.75) is 25.5 Å². The van der Waals surface area contributed by atoms with E-state index in [-0.39, 0.29) is 12.0 Å². The van der Waals surface area contributed by atoms with E-state index in [0.717, 1.165) is 45.5 Å². The molecule has 130 valence electrons. The Labute approximate surface area is 154 Å². The number of hydrogen-bond donors (Lipinski definition) is 1. The number of aromatic amines is 1. The highest BCUT2D eigenvalue weighted by Crippen LogP contribution is 2.33. The van der Waals surface area contributed by atoms with Crippen LogP contribution in [0.1, 0.15) is 39.2 Å². The monoisotopic (exact) mass is 373 g/mol. The molecule has 0 aliphatic carbocycles. The summed E-state index contributed by atoms with van der Waals surface area (Å²) in [6.45, 7) is 1.32. The summed E-state index contributed by atoms with van der Waals surface area (Å²) in [4.78, 5) is 17.4. The first-order chi connectivity index (χ1) is 12.2. The van der Waals surface area contributed by atoms with Gasteiger partial charge in [0, 0.05) is 18.5 Å². The second-order valence-electron chi connectivity index (χ2n) is 6.12. The molecule has 4 rings (SSSR count). The quantitative estimate of drug-likeness (QED) is 0.724. The molecule has 0 aromatic carbocycles. The smallest absolute Gasteiger partial charge is 0.264 e. The molecule has 5 nitrogen and oxygen atoms in total. The third-order valence-electron chi connectivity index (χ3n) is 4.24. The summed E-state index contributed by atoms with van der Waals surface area (Å²) >= 11 is 3.19. The van der Waals surface area contributed by atoms with E-state index in [4.69, 9.17) is 4.74 Å². The molecule has 0 unspecified atom stereocenters. The first kappa shape index (κ1) is 16.5. The van der Waals surface area contributed by atoms with Crippen molar-refractivity contribution in [1.82, 2.24) is 15.1 Å². The Morgan fingerprint density at radius 3 is 3.12 bits per heavy atom. The predicted molar refractivity (Wildman–Crippen MR) is 99.9 cm³/mol. The van der Waals surface area contributed by atoms with Crippen molar-refractivity contribution in [1.29, 1.82) is 0 Å². The van der Waals surface area contributed by atoms with Gasteiger partial charge in [-0.25, -0.2) is 0 Å². The molecule has 1 aliphatic rings. The molecule has 0 radical (unpaired) electrons. The molecular formula is C18H19N3O2S2. The Hall–Kier alpha value is -1.96. The first-order valence-electron chi connectivity index (χ1n) is 8.25. The molecule has 3 aromatic heterocycles. The summed E-state index contributed by atoms with van der Waals surface area (Å²) in [6.07, 6.45) is 2.31. The maximum Gasteiger partial charge on any atom is 0.264 e. The molecule has 1 aliphatic heterocycles. The average molecular weight is 374 g/mol. The lowest BCUT2D eigenvalue weighted by atomic mass is 10.2. The number of aromatic nitrogens is 2. The highest BCUT2D eigenvalue weighted by molar-refractivity contribution is 7.14. The van der Waals surface area contributed by atoms with Crippen LogP contribution in [0.3, 0.4) is 0 Å². The van der Waals surface area contributed by atoms with Gasteiger partial charge in [-0.3, -0.25) is 9.89 Å². The second-order valence-corrected chi connectivity index (χ2v) is 8.18. The molecule has 0 saturated carbocycles. The van der Waals surface area contributed by atoms with Gasteiger partial charge in [0.2, 0.25) is 0 Å². The number of H-pyrrole nitrogens is 1. The Morgan fingerprint density at radius 1 is 1.44 bits per heavy atom. The van der Waals surface area contributed by atoms with Crippen LogP contribution in [-0.2, 0) is 11.3 Å². The van der Waals surface area contributed by atoms with Crippen LogP contribution < -0.4 is 0 Å². The molecule has 1 atom stereocenters. The van der Waals surface area contributed by atoms with Crippen LogP contribution in [0.5, 0.6) is 0 Å². The third-order valence-corrected chi connectivity index (χ3v) is 6.30. The van der Waals surface area contributed by atoms with Crippen molar-refractivity contribution in [2.24, 2.45) is 0 Å². The van der Waals surface area contributed by atoms with Gasteiger partial charge in [-0.1, -0.05) is 6.07 Å². The van der Waals surface area contributed by atoms with Gasteiger partial charge in [0.1, 0.15) is 5.69 Å². The van der Waals surface area contributed by atoms with Crippen LogP contribution in [-0.4, -0.2) is 34.7 Å². The number of thiophene rings is 2. The number of hydrogen-bond acceptors (Lipinski definition) is 5. The lowest BCUT2D eigenvalue weighted by molar-refractivity contribution is 0.0788. The zero-order chi connectivity index (χ0) is 17.2. The van der Waals surface area contributed by atoms with E-state index in [0.29, 0.717) is 6.54 Å². The van der Waals surface area contributed by atoms with E-state index in [9.17, 15) is 4.79 Å². The van der Waals surface area contributed by atoms with Gasteiger partial charge < -0.3 is 9.64 Å². The number of amides is 1. The summed E-state index contributed by atoms with van der Waals surface area (Å²) in [5.74, 6) is 0.0292. The van der Waals surface area contributed by atoms with Crippen molar-refractivity contribution in [3.63, 3.8) is 0 Å². The summed E-state index contributed by atoms with van der Waals surface area (Å²) < 4.78 is 5.70. The van der Waals surface area contributed by atoms with Crippen LogP contribution >= 0.6 is 22.7 Å². The minimum atomic E-state index is 0.0292. The number of nitrogens with zero attached hydrogens (tertiary/aromatic N) is 2. The SMILES string of the molecule is CN(Cc1cc(-c2cccs2)n[nH]1)C(=O)c1ccc([C@H]2CCCO2)s1. The third kappa shape index (κ3) is 3.53. The van der Waals surface area contributed by atoms with Gasteiger partial charge >= 0.3 is 0 Å². The van der Waals surface area contributed by atoms with Crippen LogP contribution in [0.15, 0.2) is 35.7 Å². The summed E-state index contributed by atoms with van der Waals surface area (Å²) in [7, 11) is 1.82. The Kier molecular flexibility index (Phi) is 4.70. The standard InChI is InChI=1S/C18H19N3O2S2/c1-21(11-12-10-13(20-19-12)15-5-3-9-24-15)18(22)17-7-6-16(25-17)14-4-2-8-23-14/h3,5-7,9-10,14H,2,4,8,11H2,1H3,(H,19,20)/t14-/m1/s1. The number of carbonyl (C=O) groups is 1. The molecule has 3 aromatic rings. The van der Waals surface area contributed by atoms with Crippen molar-refractivity contribution < 1.29 is 9.53 Å². The minimum Gasteiger partial charge on any atom is -0.373 e. The van der Waals surface area contributed by atoms with Crippen LogP contribution in [0, 0.1) is 0 Å². The molecule has 7 heteroatoms. The average Bonchev–Trinajstić information content (AvgIpc) is 3.41. The van der Waals surface area contributed by atoms with E-state index in [2.05, 4.69) is 10.2 Å². The maximum atomic E-state index is 12.7. The fourth-order valence-corrected chi connectivity index (χ4v) is 4.72. The van der Waals surface area contributed by atoms with Crippen LogP contribution in [0.4, 0.5) is 0 Å². The Balaban J connectivity index is 1.42. The molecule has 4 heterocycles. The van der Waals surface area contributed by atoms with E-state index >= 15 is 0 Å². The van der Waals surface area contributed by atoms with Crippen LogP contribution in [0.2, 0.25) is 0 Å². The van der Waals surface area contributed by atoms with E-state index < -0.39 is 0 Å². The van der Waals surface area contributed by atoms with E-state index in [1.807, 2.05) is 42.8 Å². The molecule has 1 amide bonds. The molecule has 25 heavy (non-hydrogen) atoms. The number of rotatable bonds is 5. The van der Waals surface area contributed by atoms with Crippen LogP contribution in [0.25, 0.3) is 10.6 Å². The van der Waals surface area contributed by atoms with Gasteiger partial charge in [-0.15, -0.1) is 22.7 Å². The topological polar surface area (TPSA) is 58.2 Å². The Morgan fingerprint density at radius 2 is 2.36 bits per heavy atom. The molecule has 1 N–H and O–H groups in total. The van der Waals surface area contributed by atoms with Gasteiger partial charge in [0.05, 0.1) is 28.1 Å². The molecular weight excluding hydrogens is 354 g/mol. The normalized spacial score (nSPS) is 17.1. The largest absolute Gasteiger partial charge is 0.373 e. The zero-order valence-electron chi connectivity index (χ0n) is 13.9. The molecule has 0 spiro atoms. The lowest BCUT2D eigenvalue weighted by Crippen LogP contribution is -2.25. The summed E-state index contributed by atoms with van der Waals surface area (Å²) in [5, 5.41) is 9.39. The minimum absolute atomic E-state index is 0.0292. The van der Waals surface area contributed by atoms with Crippen molar-refractivity contribution in [3.8, 4) is 10.6 Å². The van der Waals surface area contributed by atoms with Gasteiger partial charge in [-0.05, 0) is 42.5 Å².